The summed E-state index contributed by atoms with van der Waals surface area (Å²) >= 11 is 0. The standard InChI is InChI=1S/C17H21N4O8P/c1-29-13-5-3-2-4-11(13)17(30(26,27)28)18-8-9-6-10(21(24)25)7-12-14(9)20-16(23)15(22)19-12/h2-7,15-20,22-23H,8H2,1H3,(H2,26,27,28). The van der Waals surface area contributed by atoms with Crippen LogP contribution in [0.3, 0.4) is 0 Å². The number of hydrogen-bond acceptors (Lipinski definition) is 9. The number of benzene rings is 2. The predicted octanol–water partition coefficient (Wildman–Crippen LogP) is 1.04. The maximum atomic E-state index is 12.1. The molecule has 0 radical (unpaired) electrons. The van der Waals surface area contributed by atoms with Gasteiger partial charge in [-0.05, 0) is 11.6 Å². The quantitative estimate of drug-likeness (QED) is 0.185. The van der Waals surface area contributed by atoms with Gasteiger partial charge < -0.3 is 35.4 Å². The van der Waals surface area contributed by atoms with Crippen LogP contribution in [0.15, 0.2) is 36.4 Å². The van der Waals surface area contributed by atoms with E-state index in [1.165, 1.54) is 25.3 Å². The van der Waals surface area contributed by atoms with E-state index in [9.17, 15) is 34.7 Å². The minimum atomic E-state index is -4.71. The Morgan fingerprint density at radius 1 is 1.23 bits per heavy atom. The molecule has 7 N–H and O–H groups in total. The number of aliphatic hydroxyl groups is 2. The van der Waals surface area contributed by atoms with Crippen molar-refractivity contribution in [3.05, 3.63) is 57.6 Å². The summed E-state index contributed by atoms with van der Waals surface area (Å²) in [6.45, 7) is -0.199. The van der Waals surface area contributed by atoms with Gasteiger partial charge in [0.15, 0.2) is 12.5 Å². The molecule has 2 aromatic carbocycles. The zero-order chi connectivity index (χ0) is 22.1. The highest BCUT2D eigenvalue weighted by Crippen LogP contribution is 2.52. The summed E-state index contributed by atoms with van der Waals surface area (Å²) in [6, 6.07) is 8.70. The van der Waals surface area contributed by atoms with Gasteiger partial charge in [-0.3, -0.25) is 20.0 Å². The van der Waals surface area contributed by atoms with Gasteiger partial charge in [0.1, 0.15) is 11.5 Å². The van der Waals surface area contributed by atoms with Crippen LogP contribution >= 0.6 is 7.60 Å². The fraction of sp³-hybridized carbons (Fsp3) is 0.294. The van der Waals surface area contributed by atoms with E-state index in [-0.39, 0.29) is 40.5 Å². The third-order valence-electron chi connectivity index (χ3n) is 4.57. The van der Waals surface area contributed by atoms with Gasteiger partial charge in [-0.25, -0.2) is 0 Å². The summed E-state index contributed by atoms with van der Waals surface area (Å²) in [5.74, 6) is -1.19. The average molecular weight is 440 g/mol. The van der Waals surface area contributed by atoms with Crippen molar-refractivity contribution in [3.63, 3.8) is 0 Å². The number of rotatable bonds is 7. The molecule has 3 atom stereocenters. The first-order chi connectivity index (χ1) is 14.1. The number of anilines is 2. The van der Waals surface area contributed by atoms with Gasteiger partial charge in [0.05, 0.1) is 23.4 Å². The number of nitrogens with zero attached hydrogens (tertiary/aromatic N) is 1. The van der Waals surface area contributed by atoms with E-state index in [1.807, 2.05) is 0 Å². The molecule has 0 fully saturated rings. The first-order valence-corrected chi connectivity index (χ1v) is 10.4. The van der Waals surface area contributed by atoms with Crippen LogP contribution in [0.4, 0.5) is 17.1 Å². The summed E-state index contributed by atoms with van der Waals surface area (Å²) < 4.78 is 17.3. The Morgan fingerprint density at radius 2 is 1.90 bits per heavy atom. The van der Waals surface area contributed by atoms with Crippen LogP contribution in [-0.4, -0.2) is 44.5 Å². The molecule has 12 nitrogen and oxygen atoms in total. The minimum Gasteiger partial charge on any atom is -0.496 e. The van der Waals surface area contributed by atoms with Crippen molar-refractivity contribution in [2.24, 2.45) is 0 Å². The van der Waals surface area contributed by atoms with E-state index in [2.05, 4.69) is 16.0 Å². The molecule has 3 unspecified atom stereocenters. The van der Waals surface area contributed by atoms with E-state index >= 15 is 0 Å². The van der Waals surface area contributed by atoms with E-state index in [1.54, 1.807) is 18.2 Å². The summed E-state index contributed by atoms with van der Waals surface area (Å²) in [4.78, 5) is 30.4. The summed E-state index contributed by atoms with van der Waals surface area (Å²) in [5.41, 5.74) is 0.604. The Hall–Kier alpha value is -2.73. The van der Waals surface area contributed by atoms with Crippen LogP contribution in [0.5, 0.6) is 5.75 Å². The molecule has 0 aliphatic carbocycles. The van der Waals surface area contributed by atoms with Crippen molar-refractivity contribution in [1.82, 2.24) is 5.32 Å². The lowest BCUT2D eigenvalue weighted by molar-refractivity contribution is -0.384. The third-order valence-corrected chi connectivity index (χ3v) is 5.70. The van der Waals surface area contributed by atoms with E-state index in [4.69, 9.17) is 4.74 Å². The third kappa shape index (κ3) is 4.54. The molecule has 1 aliphatic rings. The highest BCUT2D eigenvalue weighted by Gasteiger charge is 2.33. The number of fused-ring (bicyclic) bond motifs is 1. The lowest BCUT2D eigenvalue weighted by Crippen LogP contribution is -2.43. The fourth-order valence-corrected chi connectivity index (χ4v) is 4.09. The number of ether oxygens (including phenoxy) is 1. The second-order valence-electron chi connectivity index (χ2n) is 6.58. The SMILES string of the molecule is COc1ccccc1C(NCc1cc([N+](=O)[O-])cc2c1NC(O)C(O)N2)P(=O)(O)O. The Bertz CT molecular complexity index is 998. The molecule has 0 saturated carbocycles. The smallest absolute Gasteiger partial charge is 0.346 e. The largest absolute Gasteiger partial charge is 0.496 e. The van der Waals surface area contributed by atoms with E-state index in [0.717, 1.165) is 0 Å². The van der Waals surface area contributed by atoms with Crippen molar-refractivity contribution in [2.45, 2.75) is 24.8 Å². The lowest BCUT2D eigenvalue weighted by atomic mass is 10.1. The van der Waals surface area contributed by atoms with Crippen molar-refractivity contribution in [3.8, 4) is 5.75 Å². The number of nitro benzene ring substituents is 1. The molecular formula is C17H21N4O8P. The van der Waals surface area contributed by atoms with Gasteiger partial charge in [-0.2, -0.15) is 0 Å². The number of nitro groups is 1. The highest BCUT2D eigenvalue weighted by molar-refractivity contribution is 7.52. The second kappa shape index (κ2) is 8.56. The van der Waals surface area contributed by atoms with Gasteiger partial charge in [0, 0.05) is 24.2 Å². The number of hydrogen-bond donors (Lipinski definition) is 7. The monoisotopic (exact) mass is 440 g/mol. The zero-order valence-corrected chi connectivity index (χ0v) is 16.6. The van der Waals surface area contributed by atoms with E-state index < -0.39 is 30.8 Å². The van der Waals surface area contributed by atoms with Crippen LogP contribution in [0.1, 0.15) is 16.9 Å². The van der Waals surface area contributed by atoms with Crippen molar-refractivity contribution in [1.29, 1.82) is 0 Å². The van der Waals surface area contributed by atoms with E-state index in [0.29, 0.717) is 0 Å². The zero-order valence-electron chi connectivity index (χ0n) is 15.7. The molecule has 1 heterocycles. The molecular weight excluding hydrogens is 419 g/mol. The lowest BCUT2D eigenvalue weighted by Gasteiger charge is -2.31. The van der Waals surface area contributed by atoms with Gasteiger partial charge >= 0.3 is 7.60 Å². The normalized spacial score (nSPS) is 19.2. The molecule has 30 heavy (non-hydrogen) atoms. The van der Waals surface area contributed by atoms with Crippen LogP contribution < -0.4 is 20.7 Å². The Labute approximate surface area is 170 Å². The maximum Gasteiger partial charge on any atom is 0.346 e. The predicted molar refractivity (Wildman–Crippen MR) is 107 cm³/mol. The van der Waals surface area contributed by atoms with Crippen molar-refractivity contribution >= 4 is 24.7 Å². The number of nitrogens with one attached hydrogen (secondary N) is 3. The number of para-hydroxylation sites is 1. The van der Waals surface area contributed by atoms with Gasteiger partial charge in [0.25, 0.3) is 5.69 Å². The molecule has 0 aromatic heterocycles. The molecule has 1 aliphatic heterocycles. The summed E-state index contributed by atoms with van der Waals surface area (Å²) in [6.07, 6.45) is -2.78. The molecule has 0 bridgehead atoms. The molecule has 0 amide bonds. The summed E-state index contributed by atoms with van der Waals surface area (Å²) in [5, 5.41) is 38.8. The fourth-order valence-electron chi connectivity index (χ4n) is 3.19. The highest BCUT2D eigenvalue weighted by atomic mass is 31.2. The average Bonchev–Trinajstić information content (AvgIpc) is 2.68. The molecule has 13 heteroatoms. The number of non-ortho nitro benzene ring substituents is 1. The van der Waals surface area contributed by atoms with Gasteiger partial charge in [-0.15, -0.1) is 0 Å². The first kappa shape index (κ1) is 22.0. The maximum absolute atomic E-state index is 12.1. The second-order valence-corrected chi connectivity index (χ2v) is 8.27. The van der Waals surface area contributed by atoms with Crippen molar-refractivity contribution < 1.29 is 34.2 Å². The van der Waals surface area contributed by atoms with Crippen LogP contribution in [0.2, 0.25) is 0 Å². The summed E-state index contributed by atoms with van der Waals surface area (Å²) in [7, 11) is -3.34. The number of aliphatic hydroxyl groups excluding tert-OH is 2. The molecule has 3 rings (SSSR count). The molecule has 2 aromatic rings. The topological polar surface area (TPSA) is 186 Å². The van der Waals surface area contributed by atoms with Crippen molar-refractivity contribution in [2.75, 3.05) is 17.7 Å². The van der Waals surface area contributed by atoms with Crippen LogP contribution in [-0.2, 0) is 11.1 Å². The molecule has 162 valence electrons. The minimum absolute atomic E-state index is 0.170. The molecule has 0 saturated heterocycles. The van der Waals surface area contributed by atoms with Crippen LogP contribution in [0.25, 0.3) is 0 Å². The molecule has 0 spiro atoms. The van der Waals surface area contributed by atoms with Crippen LogP contribution in [0, 0.1) is 10.1 Å². The van der Waals surface area contributed by atoms with Gasteiger partial charge in [0.2, 0.25) is 0 Å². The Balaban J connectivity index is 1.98. The number of methoxy groups -OCH3 is 1. The Kier molecular flexibility index (Phi) is 6.27. The Morgan fingerprint density at radius 3 is 2.53 bits per heavy atom. The first-order valence-electron chi connectivity index (χ1n) is 8.74. The van der Waals surface area contributed by atoms with Gasteiger partial charge in [-0.1, -0.05) is 18.2 Å².